The van der Waals surface area contributed by atoms with Crippen molar-refractivity contribution in [1.82, 2.24) is 14.1 Å². The van der Waals surface area contributed by atoms with Gasteiger partial charge in [0.2, 0.25) is 0 Å². The Kier molecular flexibility index (Phi) is 10.3. The van der Waals surface area contributed by atoms with Crippen molar-refractivity contribution in [2.75, 3.05) is 0 Å². The fraction of sp³-hybridized carbons (Fsp3) is 0. The van der Waals surface area contributed by atoms with Gasteiger partial charge in [0.25, 0.3) is 0 Å². The lowest BCUT2D eigenvalue weighted by Crippen LogP contribution is -2.04. The lowest BCUT2D eigenvalue weighted by Gasteiger charge is -2.20. The maximum atomic E-state index is 9.94. The number of hydrogen-bond acceptors (Lipinski definition) is 3. The molecule has 0 spiro atoms. The molecule has 0 N–H and O–H groups in total. The molecular weight excluding hydrogens is 881 g/mol. The van der Waals surface area contributed by atoms with Crippen LogP contribution in [0.1, 0.15) is 11.1 Å². The van der Waals surface area contributed by atoms with Gasteiger partial charge in [-0.05, 0) is 141 Å². The Morgan fingerprint density at radius 2 is 0.736 bits per heavy atom. The van der Waals surface area contributed by atoms with Gasteiger partial charge in [-0.25, -0.2) is 14.5 Å². The Hall–Kier alpha value is -10.8. The van der Waals surface area contributed by atoms with Crippen LogP contribution in [0.5, 0.6) is 0 Å². The summed E-state index contributed by atoms with van der Waals surface area (Å²) >= 11 is 0. The molecule has 0 aliphatic carbocycles. The molecule has 0 aliphatic heterocycles. The molecule has 0 fully saturated rings. The van der Waals surface area contributed by atoms with E-state index in [0.29, 0.717) is 28.2 Å². The average molecular weight is 915 g/mol. The number of fused-ring (bicyclic) bond motifs is 6. The van der Waals surface area contributed by atoms with Crippen LogP contribution in [0.25, 0.3) is 125 Å². The summed E-state index contributed by atoms with van der Waals surface area (Å²) in [4.78, 5) is 16.1. The smallest absolute Gasteiger partial charge is 0.197 e. The zero-order chi connectivity index (χ0) is 48.9. The molecule has 0 atom stereocenters. The Morgan fingerprint density at radius 3 is 1.12 bits per heavy atom. The standard InChI is InChI=1S/C64H34N8/c1-67-51-14-6-12-45(30-51)49-18-22-55-56-23-19-50(46-13-7-15-52(31-46)68-2)35-62(56)72(61(55)34-49)64-37-58(69-3)57(42-24-26-70-27-25-42)36-63(64)71-59-32-47(43-10-4-8-40(28-43)38-65)16-20-53(59)54-21-17-48(33-60(54)71)44-11-5-9-41(29-44)39-66/h4-37H. The third-order valence-electron chi connectivity index (χ3n) is 13.5. The maximum absolute atomic E-state index is 9.94. The summed E-state index contributed by atoms with van der Waals surface area (Å²) in [6.45, 7) is 24.4. The van der Waals surface area contributed by atoms with Gasteiger partial charge < -0.3 is 9.13 Å². The number of pyridine rings is 1. The van der Waals surface area contributed by atoms with E-state index >= 15 is 0 Å². The molecule has 0 saturated carbocycles. The maximum Gasteiger partial charge on any atom is 0.197 e. The Labute approximate surface area is 414 Å². The molecule has 0 amide bonds. The van der Waals surface area contributed by atoms with E-state index < -0.39 is 0 Å². The summed E-state index contributed by atoms with van der Waals surface area (Å²) in [5.74, 6) is 0. The van der Waals surface area contributed by atoms with Crippen molar-refractivity contribution in [2.24, 2.45) is 0 Å². The van der Waals surface area contributed by atoms with Crippen molar-refractivity contribution in [2.45, 2.75) is 0 Å². The van der Waals surface area contributed by atoms with E-state index in [1.165, 1.54) is 0 Å². The van der Waals surface area contributed by atoms with E-state index in [9.17, 15) is 10.5 Å². The largest absolute Gasteiger partial charge is 0.308 e. The third-order valence-corrected chi connectivity index (χ3v) is 13.5. The second kappa shape index (κ2) is 17.4. The van der Waals surface area contributed by atoms with E-state index in [1.807, 2.05) is 103 Å². The molecular formula is C64H34N8. The second-order valence-electron chi connectivity index (χ2n) is 17.5. The Balaban J connectivity index is 1.25. The molecule has 0 bridgehead atoms. The Morgan fingerprint density at radius 1 is 0.361 bits per heavy atom. The SMILES string of the molecule is [C-]#[N+]c1cccc(-c2ccc3c4ccc(-c5cccc([N+]#[C-])c5)cc4n(-c4cc([N+]#[C-])c(-c5ccncc5)cc4-n4c5cc(-c6cccc(C#N)c6)ccc5c5ccc(-c6cccc(C#N)c6)cc54)c3c2)c1. The van der Waals surface area contributed by atoms with Gasteiger partial charge in [-0.15, -0.1) is 0 Å². The number of aromatic nitrogens is 3. The highest BCUT2D eigenvalue weighted by atomic mass is 15.1. The Bertz CT molecular complexity index is 4230. The molecule has 3 aromatic heterocycles. The minimum absolute atomic E-state index is 0.445. The number of nitriles is 2. The summed E-state index contributed by atoms with van der Waals surface area (Å²) in [6, 6.07) is 68.7. The van der Waals surface area contributed by atoms with Gasteiger partial charge in [-0.2, -0.15) is 10.5 Å². The van der Waals surface area contributed by atoms with Crippen molar-refractivity contribution in [1.29, 1.82) is 10.5 Å². The molecule has 12 rings (SSSR count). The number of nitrogens with zero attached hydrogens (tertiary/aromatic N) is 8. The molecule has 330 valence electrons. The van der Waals surface area contributed by atoms with Gasteiger partial charge in [0.05, 0.1) is 76.4 Å². The van der Waals surface area contributed by atoms with E-state index in [2.05, 4.69) is 120 Å². The van der Waals surface area contributed by atoms with Gasteiger partial charge in [0.15, 0.2) is 17.1 Å². The van der Waals surface area contributed by atoms with Crippen molar-refractivity contribution in [3.63, 3.8) is 0 Å². The van der Waals surface area contributed by atoms with E-state index in [1.54, 1.807) is 24.5 Å². The molecule has 0 aliphatic rings. The van der Waals surface area contributed by atoms with E-state index in [4.69, 9.17) is 19.7 Å². The van der Waals surface area contributed by atoms with Crippen LogP contribution in [0.4, 0.5) is 17.1 Å². The van der Waals surface area contributed by atoms with Crippen molar-refractivity contribution in [3.8, 4) is 79.1 Å². The van der Waals surface area contributed by atoms with E-state index in [-0.39, 0.29) is 0 Å². The summed E-state index contributed by atoms with van der Waals surface area (Å²) in [5, 5.41) is 23.9. The second-order valence-corrected chi connectivity index (χ2v) is 17.5. The molecule has 72 heavy (non-hydrogen) atoms. The summed E-state index contributed by atoms with van der Waals surface area (Å²) in [5.41, 5.74) is 16.6. The number of rotatable bonds is 7. The zero-order valence-corrected chi connectivity index (χ0v) is 38.2. The van der Waals surface area contributed by atoms with Gasteiger partial charge in [-0.3, -0.25) is 4.98 Å². The monoisotopic (exact) mass is 914 g/mol. The lowest BCUT2D eigenvalue weighted by atomic mass is 10.0. The summed E-state index contributed by atoms with van der Waals surface area (Å²) in [7, 11) is 0. The normalized spacial score (nSPS) is 11.0. The topological polar surface area (TPSA) is 83.4 Å². The minimum atomic E-state index is 0.445. The molecule has 8 nitrogen and oxygen atoms in total. The highest BCUT2D eigenvalue weighted by Gasteiger charge is 2.24. The highest BCUT2D eigenvalue weighted by Crippen LogP contribution is 2.46. The molecule has 12 aromatic rings. The van der Waals surface area contributed by atoms with Crippen molar-refractivity contribution >= 4 is 60.7 Å². The van der Waals surface area contributed by atoms with Crippen LogP contribution < -0.4 is 0 Å². The molecule has 0 unspecified atom stereocenters. The van der Waals surface area contributed by atoms with Gasteiger partial charge in [0.1, 0.15) is 0 Å². The molecule has 0 saturated heterocycles. The van der Waals surface area contributed by atoms with Crippen molar-refractivity contribution < 1.29 is 0 Å². The molecule has 0 radical (unpaired) electrons. The summed E-state index contributed by atoms with van der Waals surface area (Å²) < 4.78 is 4.55. The van der Waals surface area contributed by atoms with Crippen LogP contribution in [0.2, 0.25) is 0 Å². The minimum Gasteiger partial charge on any atom is -0.308 e. The molecule has 9 aromatic carbocycles. The fourth-order valence-corrected chi connectivity index (χ4v) is 10.1. The molecule has 3 heterocycles. The van der Waals surface area contributed by atoms with Crippen molar-refractivity contribution in [3.05, 3.63) is 252 Å². The third kappa shape index (κ3) is 7.17. The predicted octanol–water partition coefficient (Wildman–Crippen LogP) is 17.0. The van der Waals surface area contributed by atoms with Crippen LogP contribution in [-0.4, -0.2) is 14.1 Å². The van der Waals surface area contributed by atoms with Crippen LogP contribution in [0.3, 0.4) is 0 Å². The lowest BCUT2D eigenvalue weighted by molar-refractivity contribution is 1.10. The first-order valence-electron chi connectivity index (χ1n) is 23.0. The first-order valence-corrected chi connectivity index (χ1v) is 23.0. The van der Waals surface area contributed by atoms with Gasteiger partial charge in [0, 0.05) is 33.9 Å². The zero-order valence-electron chi connectivity index (χ0n) is 38.2. The van der Waals surface area contributed by atoms with Crippen LogP contribution in [0.15, 0.2) is 207 Å². The quantitative estimate of drug-likeness (QED) is 0.149. The molecule has 8 heteroatoms. The first kappa shape index (κ1) is 42.5. The first-order chi connectivity index (χ1) is 35.4. The fourth-order valence-electron chi connectivity index (χ4n) is 10.1. The predicted molar refractivity (Wildman–Crippen MR) is 288 cm³/mol. The van der Waals surface area contributed by atoms with E-state index in [0.717, 1.165) is 111 Å². The average Bonchev–Trinajstić information content (AvgIpc) is 3.95. The number of hydrogen-bond donors (Lipinski definition) is 0. The highest BCUT2D eigenvalue weighted by molar-refractivity contribution is 6.14. The van der Waals surface area contributed by atoms with Crippen LogP contribution >= 0.6 is 0 Å². The van der Waals surface area contributed by atoms with Gasteiger partial charge >= 0.3 is 0 Å². The summed E-state index contributed by atoms with van der Waals surface area (Å²) in [6.07, 6.45) is 3.48. The number of benzene rings is 9. The van der Waals surface area contributed by atoms with Gasteiger partial charge in [-0.1, -0.05) is 109 Å². The van der Waals surface area contributed by atoms with Crippen LogP contribution in [0, 0.1) is 42.4 Å². The van der Waals surface area contributed by atoms with Crippen LogP contribution in [-0.2, 0) is 0 Å².